The second-order valence-corrected chi connectivity index (χ2v) is 5.53. The number of amides is 1. The molecule has 0 spiro atoms. The maximum absolute atomic E-state index is 11.8. The Hall–Kier alpha value is -1.10. The topological polar surface area (TPSA) is 55.8 Å². The molecule has 1 atom stereocenters. The van der Waals surface area contributed by atoms with Crippen LogP contribution in [-0.4, -0.2) is 49.2 Å². The van der Waals surface area contributed by atoms with Crippen LogP contribution >= 0.6 is 0 Å². The number of esters is 1. The van der Waals surface area contributed by atoms with Gasteiger partial charge in [0.2, 0.25) is 5.91 Å². The first kappa shape index (κ1) is 17.0. The van der Waals surface area contributed by atoms with Crippen molar-refractivity contribution in [2.75, 3.05) is 26.3 Å². The Balaban J connectivity index is 2.24. The molecule has 1 heterocycles. The van der Waals surface area contributed by atoms with E-state index in [1.54, 1.807) is 4.90 Å². The minimum absolute atomic E-state index is 0.0481. The van der Waals surface area contributed by atoms with Crippen molar-refractivity contribution in [2.45, 2.75) is 52.6 Å². The number of ether oxygens (including phenoxy) is 2. The van der Waals surface area contributed by atoms with Gasteiger partial charge in [-0.2, -0.15) is 0 Å². The second kappa shape index (κ2) is 8.95. The number of nitrogens with zero attached hydrogens (tertiary/aromatic N) is 1. The van der Waals surface area contributed by atoms with E-state index in [1.165, 1.54) is 0 Å². The van der Waals surface area contributed by atoms with Gasteiger partial charge in [-0.05, 0) is 26.7 Å². The first-order chi connectivity index (χ1) is 9.54. The predicted octanol–water partition coefficient (Wildman–Crippen LogP) is 1.99. The largest absolute Gasteiger partial charge is 0.465 e. The molecule has 0 aromatic heterocycles. The molecule has 0 aromatic carbocycles. The lowest BCUT2D eigenvalue weighted by molar-refractivity contribution is -0.148. The maximum atomic E-state index is 11.8. The van der Waals surface area contributed by atoms with Crippen molar-refractivity contribution in [3.05, 3.63) is 0 Å². The third kappa shape index (κ3) is 5.90. The van der Waals surface area contributed by atoms with Crippen LogP contribution in [0.1, 0.15) is 46.5 Å². The SMILES string of the molecule is CCCCOC(=O)C1CC(=O)N(CCCOC(C)C)C1. The zero-order valence-corrected chi connectivity index (χ0v) is 12.9. The van der Waals surface area contributed by atoms with Crippen molar-refractivity contribution < 1.29 is 19.1 Å². The number of carbonyl (C=O) groups is 2. The van der Waals surface area contributed by atoms with Crippen LogP contribution in [0.3, 0.4) is 0 Å². The quantitative estimate of drug-likeness (QED) is 0.480. The van der Waals surface area contributed by atoms with Crippen LogP contribution in [0.15, 0.2) is 0 Å². The number of hydrogen-bond acceptors (Lipinski definition) is 4. The van der Waals surface area contributed by atoms with Gasteiger partial charge in [0, 0.05) is 26.1 Å². The fourth-order valence-electron chi connectivity index (χ4n) is 2.16. The third-order valence-electron chi connectivity index (χ3n) is 3.31. The normalized spacial score (nSPS) is 18.9. The monoisotopic (exact) mass is 285 g/mol. The van der Waals surface area contributed by atoms with Gasteiger partial charge in [0.25, 0.3) is 0 Å². The molecule has 0 saturated carbocycles. The van der Waals surface area contributed by atoms with E-state index in [0.29, 0.717) is 26.3 Å². The van der Waals surface area contributed by atoms with Crippen LogP contribution in [0.25, 0.3) is 0 Å². The van der Waals surface area contributed by atoms with Crippen LogP contribution in [0.4, 0.5) is 0 Å². The van der Waals surface area contributed by atoms with Crippen molar-refractivity contribution in [3.63, 3.8) is 0 Å². The van der Waals surface area contributed by atoms with Crippen molar-refractivity contribution in [1.82, 2.24) is 4.90 Å². The molecular formula is C15H27NO4. The van der Waals surface area contributed by atoms with E-state index in [-0.39, 0.29) is 30.3 Å². The molecule has 5 heteroatoms. The highest BCUT2D eigenvalue weighted by Gasteiger charge is 2.34. The summed E-state index contributed by atoms with van der Waals surface area (Å²) in [6.45, 7) is 8.28. The molecule has 116 valence electrons. The lowest BCUT2D eigenvalue weighted by Crippen LogP contribution is -2.28. The molecule has 0 bridgehead atoms. The van der Waals surface area contributed by atoms with Crippen molar-refractivity contribution in [1.29, 1.82) is 0 Å². The highest BCUT2D eigenvalue weighted by atomic mass is 16.5. The molecule has 0 aromatic rings. The Morgan fingerprint density at radius 3 is 2.75 bits per heavy atom. The van der Waals surface area contributed by atoms with Crippen molar-refractivity contribution in [2.24, 2.45) is 5.92 Å². The Morgan fingerprint density at radius 1 is 1.35 bits per heavy atom. The average molecular weight is 285 g/mol. The Bertz CT molecular complexity index is 317. The molecule has 1 fully saturated rings. The molecule has 1 saturated heterocycles. The van der Waals surface area contributed by atoms with E-state index >= 15 is 0 Å². The van der Waals surface area contributed by atoms with Gasteiger partial charge < -0.3 is 14.4 Å². The maximum Gasteiger partial charge on any atom is 0.311 e. The molecule has 0 aliphatic carbocycles. The number of hydrogen-bond donors (Lipinski definition) is 0. The van der Waals surface area contributed by atoms with Gasteiger partial charge in [0.15, 0.2) is 0 Å². The van der Waals surface area contributed by atoms with Crippen LogP contribution in [-0.2, 0) is 19.1 Å². The molecule has 0 N–H and O–H groups in total. The number of likely N-dealkylation sites (tertiary alicyclic amines) is 1. The van der Waals surface area contributed by atoms with E-state index in [4.69, 9.17) is 9.47 Å². The lowest BCUT2D eigenvalue weighted by Gasteiger charge is -2.16. The molecule has 20 heavy (non-hydrogen) atoms. The summed E-state index contributed by atoms with van der Waals surface area (Å²) in [7, 11) is 0. The van der Waals surface area contributed by atoms with Gasteiger partial charge in [0.1, 0.15) is 0 Å². The van der Waals surface area contributed by atoms with E-state index in [0.717, 1.165) is 19.3 Å². The molecule has 0 radical (unpaired) electrons. The van der Waals surface area contributed by atoms with Gasteiger partial charge >= 0.3 is 5.97 Å². The van der Waals surface area contributed by atoms with E-state index in [1.807, 2.05) is 20.8 Å². The van der Waals surface area contributed by atoms with Crippen LogP contribution in [0.2, 0.25) is 0 Å². The van der Waals surface area contributed by atoms with Gasteiger partial charge in [-0.3, -0.25) is 9.59 Å². The highest BCUT2D eigenvalue weighted by molar-refractivity contribution is 5.86. The minimum Gasteiger partial charge on any atom is -0.465 e. The third-order valence-corrected chi connectivity index (χ3v) is 3.31. The van der Waals surface area contributed by atoms with Gasteiger partial charge in [0.05, 0.1) is 18.6 Å². The number of rotatable bonds is 9. The van der Waals surface area contributed by atoms with E-state index < -0.39 is 0 Å². The van der Waals surface area contributed by atoms with E-state index in [9.17, 15) is 9.59 Å². The minimum atomic E-state index is -0.287. The summed E-state index contributed by atoms with van der Waals surface area (Å²) in [5, 5.41) is 0. The smallest absolute Gasteiger partial charge is 0.311 e. The predicted molar refractivity (Wildman–Crippen MR) is 76.3 cm³/mol. The summed E-state index contributed by atoms with van der Waals surface area (Å²) in [5.74, 6) is -0.468. The summed E-state index contributed by atoms with van der Waals surface area (Å²) in [4.78, 5) is 25.4. The summed E-state index contributed by atoms with van der Waals surface area (Å²) in [6, 6.07) is 0. The molecule has 1 aliphatic heterocycles. The second-order valence-electron chi connectivity index (χ2n) is 5.53. The van der Waals surface area contributed by atoms with Crippen molar-refractivity contribution in [3.8, 4) is 0 Å². The van der Waals surface area contributed by atoms with Gasteiger partial charge in [-0.1, -0.05) is 13.3 Å². The molecular weight excluding hydrogens is 258 g/mol. The lowest BCUT2D eigenvalue weighted by atomic mass is 10.1. The number of carbonyl (C=O) groups excluding carboxylic acids is 2. The molecule has 1 aliphatic rings. The fourth-order valence-corrected chi connectivity index (χ4v) is 2.16. The average Bonchev–Trinajstić information content (AvgIpc) is 2.76. The first-order valence-electron chi connectivity index (χ1n) is 7.60. The summed E-state index contributed by atoms with van der Waals surface area (Å²) in [5.41, 5.74) is 0. The van der Waals surface area contributed by atoms with Crippen LogP contribution < -0.4 is 0 Å². The molecule has 1 amide bonds. The number of unbranched alkanes of at least 4 members (excludes halogenated alkanes) is 1. The van der Waals surface area contributed by atoms with Gasteiger partial charge in [-0.15, -0.1) is 0 Å². The summed E-state index contributed by atoms with van der Waals surface area (Å²) < 4.78 is 10.6. The van der Waals surface area contributed by atoms with Crippen LogP contribution in [0.5, 0.6) is 0 Å². The van der Waals surface area contributed by atoms with Gasteiger partial charge in [-0.25, -0.2) is 0 Å². The first-order valence-corrected chi connectivity index (χ1v) is 7.60. The Labute approximate surface area is 121 Å². The zero-order chi connectivity index (χ0) is 15.0. The molecule has 1 rings (SSSR count). The van der Waals surface area contributed by atoms with E-state index in [2.05, 4.69) is 0 Å². The zero-order valence-electron chi connectivity index (χ0n) is 12.9. The fraction of sp³-hybridized carbons (Fsp3) is 0.867. The summed E-state index contributed by atoms with van der Waals surface area (Å²) in [6.07, 6.45) is 3.18. The Morgan fingerprint density at radius 2 is 2.10 bits per heavy atom. The van der Waals surface area contributed by atoms with Crippen molar-refractivity contribution >= 4 is 11.9 Å². The summed E-state index contributed by atoms with van der Waals surface area (Å²) >= 11 is 0. The van der Waals surface area contributed by atoms with Crippen LogP contribution in [0, 0.1) is 5.92 Å². The highest BCUT2D eigenvalue weighted by Crippen LogP contribution is 2.19. The standard InChI is InChI=1S/C15H27NO4/c1-4-5-8-20-15(18)13-10-14(17)16(11-13)7-6-9-19-12(2)3/h12-13H,4-11H2,1-3H3. The molecule has 1 unspecified atom stereocenters. The Kier molecular flexibility index (Phi) is 7.59. The molecule has 5 nitrogen and oxygen atoms in total.